The van der Waals surface area contributed by atoms with Crippen molar-refractivity contribution in [2.45, 2.75) is 39.0 Å². The predicted octanol–water partition coefficient (Wildman–Crippen LogP) is 3.60. The summed E-state index contributed by atoms with van der Waals surface area (Å²) >= 11 is 0. The molecule has 1 aromatic heterocycles. The Hall–Kier alpha value is -1.11. The van der Waals surface area contributed by atoms with E-state index in [0.717, 1.165) is 5.69 Å². The lowest BCUT2D eigenvalue weighted by molar-refractivity contribution is 0.597. The van der Waals surface area contributed by atoms with Crippen LogP contribution in [-0.2, 0) is 0 Å². The average molecular weight is 187 g/mol. The fourth-order valence-corrected chi connectivity index (χ4v) is 1.99. The molecule has 0 spiro atoms. The van der Waals surface area contributed by atoms with Crippen LogP contribution in [0.4, 0.5) is 0 Å². The molecule has 14 heavy (non-hydrogen) atoms. The summed E-state index contributed by atoms with van der Waals surface area (Å²) in [5, 5.41) is 0. The Morgan fingerprint density at radius 3 is 2.71 bits per heavy atom. The first-order valence-electron chi connectivity index (χ1n) is 5.34. The minimum atomic E-state index is 0.701. The topological polar surface area (TPSA) is 12.9 Å². The lowest BCUT2D eigenvalue weighted by Gasteiger charge is -2.20. The van der Waals surface area contributed by atoms with Crippen LogP contribution < -0.4 is 0 Å². The fourth-order valence-electron chi connectivity index (χ4n) is 1.99. The van der Waals surface area contributed by atoms with Crippen LogP contribution in [-0.4, -0.2) is 4.98 Å². The van der Waals surface area contributed by atoms with Gasteiger partial charge in [-0.2, -0.15) is 0 Å². The maximum Gasteiger partial charge on any atom is 0.0372 e. The molecule has 0 saturated heterocycles. The van der Waals surface area contributed by atoms with Crippen molar-refractivity contribution < 1.29 is 0 Å². The third kappa shape index (κ3) is 2.03. The molecule has 2 rings (SSSR count). The first-order valence-corrected chi connectivity index (χ1v) is 5.34. The Balaban J connectivity index is 2.13. The van der Waals surface area contributed by atoms with Crippen LogP contribution in [0.5, 0.6) is 0 Å². The van der Waals surface area contributed by atoms with Crippen molar-refractivity contribution in [2.24, 2.45) is 0 Å². The minimum absolute atomic E-state index is 0.701. The van der Waals surface area contributed by atoms with Crippen LogP contribution in [0.15, 0.2) is 30.0 Å². The van der Waals surface area contributed by atoms with E-state index in [1.165, 1.54) is 24.8 Å². The SMILES string of the molecule is CC1=CCC(c2ccc(C)nc2)CC1. The second-order valence-electron chi connectivity index (χ2n) is 4.25. The lowest BCUT2D eigenvalue weighted by Crippen LogP contribution is -2.03. The highest BCUT2D eigenvalue weighted by atomic mass is 14.7. The van der Waals surface area contributed by atoms with Gasteiger partial charge in [-0.05, 0) is 50.7 Å². The molecule has 1 unspecified atom stereocenters. The molecule has 0 fully saturated rings. The van der Waals surface area contributed by atoms with E-state index in [9.17, 15) is 0 Å². The highest BCUT2D eigenvalue weighted by Crippen LogP contribution is 2.31. The Kier molecular flexibility index (Phi) is 2.67. The quantitative estimate of drug-likeness (QED) is 0.612. The van der Waals surface area contributed by atoms with Gasteiger partial charge in [0.1, 0.15) is 0 Å². The van der Waals surface area contributed by atoms with Crippen LogP contribution in [0, 0.1) is 6.92 Å². The number of allylic oxidation sites excluding steroid dienone is 2. The number of rotatable bonds is 1. The first-order chi connectivity index (χ1) is 6.75. The molecule has 0 amide bonds. The molecule has 74 valence electrons. The molecule has 0 radical (unpaired) electrons. The highest BCUT2D eigenvalue weighted by Gasteiger charge is 2.14. The summed E-state index contributed by atoms with van der Waals surface area (Å²) in [6, 6.07) is 4.34. The van der Waals surface area contributed by atoms with Crippen molar-refractivity contribution in [1.82, 2.24) is 4.98 Å². The van der Waals surface area contributed by atoms with E-state index in [1.807, 2.05) is 13.1 Å². The zero-order valence-electron chi connectivity index (χ0n) is 8.96. The first kappa shape index (κ1) is 9.45. The number of pyridine rings is 1. The molecular formula is C13H17N. The van der Waals surface area contributed by atoms with Crippen molar-refractivity contribution in [2.75, 3.05) is 0 Å². The van der Waals surface area contributed by atoms with E-state index in [-0.39, 0.29) is 0 Å². The van der Waals surface area contributed by atoms with Gasteiger partial charge >= 0.3 is 0 Å². The van der Waals surface area contributed by atoms with Crippen LogP contribution in [0.3, 0.4) is 0 Å². The van der Waals surface area contributed by atoms with Crippen molar-refractivity contribution in [3.05, 3.63) is 41.2 Å². The zero-order valence-corrected chi connectivity index (χ0v) is 8.96. The van der Waals surface area contributed by atoms with E-state index < -0.39 is 0 Å². The number of aromatic nitrogens is 1. The standard InChI is InChI=1S/C13H17N/c1-10-3-6-12(7-4-10)13-8-5-11(2)14-9-13/h3,5,8-9,12H,4,6-7H2,1-2H3. The van der Waals surface area contributed by atoms with Gasteiger partial charge in [0.25, 0.3) is 0 Å². The summed E-state index contributed by atoms with van der Waals surface area (Å²) in [4.78, 5) is 4.35. The minimum Gasteiger partial charge on any atom is -0.261 e. The predicted molar refractivity (Wildman–Crippen MR) is 59.3 cm³/mol. The van der Waals surface area contributed by atoms with Crippen LogP contribution in [0.25, 0.3) is 0 Å². The third-order valence-electron chi connectivity index (χ3n) is 3.04. The van der Waals surface area contributed by atoms with Gasteiger partial charge in [0.15, 0.2) is 0 Å². The molecule has 1 aromatic rings. The molecule has 1 nitrogen and oxygen atoms in total. The van der Waals surface area contributed by atoms with Crippen LogP contribution in [0.2, 0.25) is 0 Å². The molecule has 0 aliphatic heterocycles. The van der Waals surface area contributed by atoms with Gasteiger partial charge < -0.3 is 0 Å². The largest absolute Gasteiger partial charge is 0.261 e. The number of hydrogen-bond acceptors (Lipinski definition) is 1. The van der Waals surface area contributed by atoms with E-state index in [2.05, 4.69) is 30.1 Å². The van der Waals surface area contributed by atoms with Crippen molar-refractivity contribution in [1.29, 1.82) is 0 Å². The second-order valence-corrected chi connectivity index (χ2v) is 4.25. The van der Waals surface area contributed by atoms with E-state index in [1.54, 1.807) is 5.57 Å². The molecular weight excluding hydrogens is 170 g/mol. The summed E-state index contributed by atoms with van der Waals surface area (Å²) in [5.41, 5.74) is 4.05. The van der Waals surface area contributed by atoms with E-state index >= 15 is 0 Å². The lowest BCUT2D eigenvalue weighted by atomic mass is 9.86. The Morgan fingerprint density at radius 1 is 1.29 bits per heavy atom. The van der Waals surface area contributed by atoms with Gasteiger partial charge in [0.2, 0.25) is 0 Å². The maximum absolute atomic E-state index is 4.35. The molecule has 0 N–H and O–H groups in total. The summed E-state index contributed by atoms with van der Waals surface area (Å²) in [6.07, 6.45) is 8.13. The molecule has 1 atom stereocenters. The van der Waals surface area contributed by atoms with E-state index in [0.29, 0.717) is 5.92 Å². The number of nitrogens with zero attached hydrogens (tertiary/aromatic N) is 1. The molecule has 0 saturated carbocycles. The fraction of sp³-hybridized carbons (Fsp3) is 0.462. The second kappa shape index (κ2) is 3.95. The molecule has 1 heterocycles. The smallest absolute Gasteiger partial charge is 0.0372 e. The van der Waals surface area contributed by atoms with Gasteiger partial charge in [0, 0.05) is 11.9 Å². The Bertz CT molecular complexity index is 335. The monoisotopic (exact) mass is 187 g/mol. The van der Waals surface area contributed by atoms with Gasteiger partial charge in [-0.15, -0.1) is 0 Å². The van der Waals surface area contributed by atoms with E-state index in [4.69, 9.17) is 0 Å². The summed E-state index contributed by atoms with van der Waals surface area (Å²) < 4.78 is 0. The molecule has 0 aromatic carbocycles. The Labute approximate surface area is 85.9 Å². The van der Waals surface area contributed by atoms with Crippen LogP contribution >= 0.6 is 0 Å². The highest BCUT2D eigenvalue weighted by molar-refractivity contribution is 5.21. The van der Waals surface area contributed by atoms with Gasteiger partial charge in [0.05, 0.1) is 0 Å². The van der Waals surface area contributed by atoms with Crippen LogP contribution in [0.1, 0.15) is 43.4 Å². The number of hydrogen-bond donors (Lipinski definition) is 0. The van der Waals surface area contributed by atoms with Gasteiger partial charge in [-0.25, -0.2) is 0 Å². The molecule has 1 aliphatic rings. The summed E-state index contributed by atoms with van der Waals surface area (Å²) in [7, 11) is 0. The average Bonchev–Trinajstić information content (AvgIpc) is 2.21. The summed E-state index contributed by atoms with van der Waals surface area (Å²) in [5.74, 6) is 0.701. The zero-order chi connectivity index (χ0) is 9.97. The van der Waals surface area contributed by atoms with Crippen molar-refractivity contribution >= 4 is 0 Å². The molecule has 0 bridgehead atoms. The van der Waals surface area contributed by atoms with Crippen molar-refractivity contribution in [3.8, 4) is 0 Å². The maximum atomic E-state index is 4.35. The van der Waals surface area contributed by atoms with Gasteiger partial charge in [-0.3, -0.25) is 4.98 Å². The summed E-state index contributed by atoms with van der Waals surface area (Å²) in [6.45, 7) is 4.26. The Morgan fingerprint density at radius 2 is 2.14 bits per heavy atom. The molecule has 1 heteroatoms. The van der Waals surface area contributed by atoms with Gasteiger partial charge in [-0.1, -0.05) is 17.7 Å². The third-order valence-corrected chi connectivity index (χ3v) is 3.04. The normalized spacial score (nSPS) is 21.9. The van der Waals surface area contributed by atoms with Crippen molar-refractivity contribution in [3.63, 3.8) is 0 Å². The molecule has 1 aliphatic carbocycles. The number of aryl methyl sites for hydroxylation is 1.